The van der Waals surface area contributed by atoms with Gasteiger partial charge in [-0.1, -0.05) is 0 Å². The number of likely N-dealkylation sites (N-methyl/N-ethyl adjacent to an activating group) is 1. The lowest BCUT2D eigenvalue weighted by molar-refractivity contribution is -0.873. The topological polar surface area (TPSA) is 167 Å². The summed E-state index contributed by atoms with van der Waals surface area (Å²) in [6.45, 7) is 1.71. The molecule has 0 aliphatic heterocycles. The van der Waals surface area contributed by atoms with E-state index in [0.29, 0.717) is 11.0 Å². The van der Waals surface area contributed by atoms with E-state index < -0.39 is 42.4 Å². The highest BCUT2D eigenvalue weighted by Gasteiger charge is 2.20. The van der Waals surface area contributed by atoms with Crippen molar-refractivity contribution in [3.63, 3.8) is 0 Å². The largest absolute Gasteiger partial charge is 0.550 e. The fourth-order valence-corrected chi connectivity index (χ4v) is 1.45. The lowest BCUT2D eigenvalue weighted by Gasteiger charge is -2.28. The number of ether oxygens (including phenoxy) is 1. The van der Waals surface area contributed by atoms with Crippen LogP contribution in [0.2, 0.25) is 0 Å². The first-order chi connectivity index (χ1) is 10.2. The number of carboxylic acids is 3. The molecule has 10 nitrogen and oxygen atoms in total. The number of carbonyl (C=O) groups is 4. The molecule has 1 unspecified atom stereocenters. The van der Waals surface area contributed by atoms with E-state index in [1.54, 1.807) is 0 Å². The second kappa shape index (κ2) is 10.5. The maximum absolute atomic E-state index is 10.7. The van der Waals surface area contributed by atoms with Crippen molar-refractivity contribution < 1.29 is 43.7 Å². The first-order valence-corrected chi connectivity index (χ1v) is 6.62. The molecule has 0 aromatic rings. The minimum Gasteiger partial charge on any atom is -0.550 e. The quantitative estimate of drug-likeness (QED) is 0.324. The van der Waals surface area contributed by atoms with Gasteiger partial charge in [0.25, 0.3) is 0 Å². The second-order valence-electron chi connectivity index (χ2n) is 5.82. The molecule has 0 aliphatic carbocycles. The monoisotopic (exact) mass is 336 g/mol. The molecular weight excluding hydrogens is 312 g/mol. The Labute approximate surface area is 134 Å². The van der Waals surface area contributed by atoms with Gasteiger partial charge >= 0.3 is 17.9 Å². The zero-order valence-corrected chi connectivity index (χ0v) is 13.6. The van der Waals surface area contributed by atoms with E-state index in [2.05, 4.69) is 0 Å². The average Bonchev–Trinajstić information content (AvgIpc) is 2.23. The van der Waals surface area contributed by atoms with Gasteiger partial charge in [-0.2, -0.15) is 0 Å². The van der Waals surface area contributed by atoms with Crippen molar-refractivity contribution in [1.29, 1.82) is 0 Å². The van der Waals surface area contributed by atoms with Crippen molar-refractivity contribution in [2.24, 2.45) is 5.73 Å². The Morgan fingerprint density at radius 3 is 1.83 bits per heavy atom. The van der Waals surface area contributed by atoms with E-state index in [-0.39, 0.29) is 6.42 Å². The van der Waals surface area contributed by atoms with Gasteiger partial charge < -0.3 is 35.1 Å². The van der Waals surface area contributed by atoms with Crippen LogP contribution in [-0.2, 0) is 23.9 Å². The number of carbonyl (C=O) groups excluding carboxylic acids is 2. The third-order valence-corrected chi connectivity index (χ3v) is 2.19. The Kier molecular flexibility index (Phi) is 10.5. The molecule has 0 rings (SSSR count). The summed E-state index contributed by atoms with van der Waals surface area (Å²) in [5, 5.41) is 26.4. The summed E-state index contributed by atoms with van der Waals surface area (Å²) in [7, 11) is 5.68. The molecule has 0 radical (unpaired) electrons. The zero-order chi connectivity index (χ0) is 18.8. The summed E-state index contributed by atoms with van der Waals surface area (Å²) in [5.74, 6) is -4.17. The number of rotatable bonds is 8. The normalized spacial score (nSPS) is 13.1. The predicted molar refractivity (Wildman–Crippen MR) is 75.9 cm³/mol. The lowest BCUT2D eigenvalue weighted by Crippen LogP contribution is -2.45. The number of nitrogens with zero attached hydrogens (tertiary/aromatic N) is 1. The highest BCUT2D eigenvalue weighted by atomic mass is 16.5. The summed E-state index contributed by atoms with van der Waals surface area (Å²) >= 11 is 0. The van der Waals surface area contributed by atoms with E-state index in [1.807, 2.05) is 21.1 Å². The fourth-order valence-electron chi connectivity index (χ4n) is 1.45. The summed E-state index contributed by atoms with van der Waals surface area (Å²) in [5.41, 5.74) is 4.84. The Hall–Kier alpha value is -2.20. The van der Waals surface area contributed by atoms with E-state index in [9.17, 15) is 24.3 Å². The Bertz CT molecular complexity index is 414. The second-order valence-corrected chi connectivity index (χ2v) is 5.82. The molecule has 2 atom stereocenters. The Morgan fingerprint density at radius 2 is 1.61 bits per heavy atom. The average molecular weight is 336 g/mol. The van der Waals surface area contributed by atoms with Crippen LogP contribution in [0.15, 0.2) is 0 Å². The highest BCUT2D eigenvalue weighted by Crippen LogP contribution is 2.04. The van der Waals surface area contributed by atoms with Gasteiger partial charge in [0.2, 0.25) is 0 Å². The van der Waals surface area contributed by atoms with E-state index in [1.165, 1.54) is 6.92 Å². The number of esters is 1. The van der Waals surface area contributed by atoms with Crippen molar-refractivity contribution >= 4 is 23.9 Å². The zero-order valence-electron chi connectivity index (χ0n) is 13.6. The number of hydrogen-bond acceptors (Lipinski definition) is 7. The van der Waals surface area contributed by atoms with Crippen molar-refractivity contribution in [2.75, 3.05) is 27.7 Å². The Morgan fingerprint density at radius 1 is 1.13 bits per heavy atom. The maximum Gasteiger partial charge on any atom is 0.321 e. The summed E-state index contributed by atoms with van der Waals surface area (Å²) in [4.78, 5) is 40.7. The fraction of sp³-hybridized carbons (Fsp3) is 0.692. The summed E-state index contributed by atoms with van der Waals surface area (Å²) < 4.78 is 5.39. The predicted octanol–water partition coefficient (Wildman–Crippen LogP) is -2.36. The third kappa shape index (κ3) is 17.7. The van der Waals surface area contributed by atoms with Gasteiger partial charge in [0.1, 0.15) is 12.6 Å². The minimum absolute atomic E-state index is 0.255. The lowest BCUT2D eigenvalue weighted by atomic mass is 10.2. The van der Waals surface area contributed by atoms with Gasteiger partial charge in [-0.3, -0.25) is 14.4 Å². The van der Waals surface area contributed by atoms with Crippen LogP contribution >= 0.6 is 0 Å². The van der Waals surface area contributed by atoms with Gasteiger partial charge in [0.05, 0.1) is 27.6 Å². The number of carboxylic acid groups (broad SMARTS) is 3. The standard InChI is InChI=1S/C9H17NO4.C4H7NO4/c1-7(11)14-8(5-9(12)13)6-10(2,3)4;5-2(4(8)9)1-3(6)7/h8H,5-6H2,1-4H3;2H,1,5H2,(H,6,7)(H,8,9)/t;2-/m.0/s1. The molecule has 23 heavy (non-hydrogen) atoms. The van der Waals surface area contributed by atoms with Crippen LogP contribution in [-0.4, -0.2) is 78.4 Å². The van der Waals surface area contributed by atoms with Crippen LogP contribution in [0.5, 0.6) is 0 Å². The molecule has 0 heterocycles. The van der Waals surface area contributed by atoms with Gasteiger partial charge in [-0.15, -0.1) is 0 Å². The highest BCUT2D eigenvalue weighted by molar-refractivity contribution is 5.80. The molecule has 10 heteroatoms. The van der Waals surface area contributed by atoms with Crippen LogP contribution in [0, 0.1) is 0 Å². The molecule has 134 valence electrons. The number of hydrogen-bond donors (Lipinski definition) is 3. The van der Waals surface area contributed by atoms with Gasteiger partial charge in [-0.25, -0.2) is 0 Å². The molecule has 0 saturated heterocycles. The third-order valence-electron chi connectivity index (χ3n) is 2.19. The Balaban J connectivity index is 0. The molecule has 0 aromatic heterocycles. The molecule has 0 amide bonds. The van der Waals surface area contributed by atoms with Gasteiger partial charge in [-0.05, 0) is 0 Å². The van der Waals surface area contributed by atoms with Crippen LogP contribution < -0.4 is 10.8 Å². The van der Waals surface area contributed by atoms with Gasteiger partial charge in [0, 0.05) is 19.3 Å². The minimum atomic E-state index is -1.29. The smallest absolute Gasteiger partial charge is 0.321 e. The first kappa shape index (κ1) is 23.1. The molecule has 0 saturated carbocycles. The summed E-state index contributed by atoms with van der Waals surface area (Å²) in [6.07, 6.45) is -1.40. The SMILES string of the molecule is CC(=O)OC(CC(=O)[O-])C[N+](C)(C)C.N[C@@H](CC(=O)O)C(=O)O. The summed E-state index contributed by atoms with van der Waals surface area (Å²) in [6, 6.07) is -1.29. The maximum atomic E-state index is 10.7. The van der Waals surface area contributed by atoms with E-state index in [0.717, 1.165) is 0 Å². The number of quaternary nitrogens is 1. The van der Waals surface area contributed by atoms with E-state index >= 15 is 0 Å². The van der Waals surface area contributed by atoms with Gasteiger partial charge in [0.15, 0.2) is 6.10 Å². The van der Waals surface area contributed by atoms with E-state index in [4.69, 9.17) is 20.7 Å². The van der Waals surface area contributed by atoms with Crippen molar-refractivity contribution in [2.45, 2.75) is 31.9 Å². The number of nitrogens with two attached hydrogens (primary N) is 1. The van der Waals surface area contributed by atoms with Crippen molar-refractivity contribution in [3.05, 3.63) is 0 Å². The van der Waals surface area contributed by atoms with Crippen LogP contribution in [0.4, 0.5) is 0 Å². The van der Waals surface area contributed by atoms with Crippen molar-refractivity contribution in [3.8, 4) is 0 Å². The van der Waals surface area contributed by atoms with Crippen LogP contribution in [0.3, 0.4) is 0 Å². The molecular formula is C13H24N2O8. The molecule has 0 aromatic carbocycles. The molecule has 4 N–H and O–H groups in total. The molecule has 0 spiro atoms. The van der Waals surface area contributed by atoms with Crippen LogP contribution in [0.1, 0.15) is 19.8 Å². The van der Waals surface area contributed by atoms with Crippen molar-refractivity contribution in [1.82, 2.24) is 0 Å². The first-order valence-electron chi connectivity index (χ1n) is 6.62. The molecule has 0 aliphatic rings. The molecule has 0 bridgehead atoms. The molecule has 0 fully saturated rings. The van der Waals surface area contributed by atoms with Crippen LogP contribution in [0.25, 0.3) is 0 Å². The number of aliphatic carboxylic acids is 3.